The Morgan fingerprint density at radius 3 is 2.71 bits per heavy atom. The van der Waals surface area contributed by atoms with E-state index in [9.17, 15) is 9.18 Å². The van der Waals surface area contributed by atoms with Gasteiger partial charge in [-0.05, 0) is 37.8 Å². The Labute approximate surface area is 124 Å². The van der Waals surface area contributed by atoms with E-state index in [2.05, 4.69) is 10.6 Å². The third kappa shape index (κ3) is 5.32. The molecule has 0 aliphatic heterocycles. The second kappa shape index (κ2) is 7.95. The number of carbonyl (C=O) groups is 1. The van der Waals surface area contributed by atoms with Gasteiger partial charge in [0, 0.05) is 12.6 Å². The summed E-state index contributed by atoms with van der Waals surface area (Å²) >= 11 is 0. The van der Waals surface area contributed by atoms with E-state index < -0.39 is 11.8 Å². The van der Waals surface area contributed by atoms with Crippen LogP contribution in [0.5, 0.6) is 0 Å². The summed E-state index contributed by atoms with van der Waals surface area (Å²) in [5, 5.41) is 5.10. The molecule has 21 heavy (non-hydrogen) atoms. The monoisotopic (exact) mass is 295 g/mol. The van der Waals surface area contributed by atoms with Crippen molar-refractivity contribution in [3.05, 3.63) is 30.1 Å². The number of nitrogens with one attached hydrogen (secondary N) is 2. The standard InChI is InChI=1S/C15H22FN3O2/c16-13-3-1-2-4-14(13)19-15(20)18-9-10-21-12-7-5-11(17)6-8-12/h1-4,11-12H,5-10,17H2,(H2,18,19,20). The Balaban J connectivity index is 1.60. The predicted octanol–water partition coefficient (Wildman–Crippen LogP) is 2.23. The van der Waals surface area contributed by atoms with Crippen LogP contribution < -0.4 is 16.4 Å². The number of anilines is 1. The summed E-state index contributed by atoms with van der Waals surface area (Å²) in [5.41, 5.74) is 5.99. The lowest BCUT2D eigenvalue weighted by Gasteiger charge is -2.26. The normalized spacial score (nSPS) is 21.8. The summed E-state index contributed by atoms with van der Waals surface area (Å²) in [6, 6.07) is 5.91. The van der Waals surface area contributed by atoms with Crippen LogP contribution in [0, 0.1) is 5.82 Å². The lowest BCUT2D eigenvalue weighted by molar-refractivity contribution is 0.0280. The first kappa shape index (κ1) is 15.7. The number of rotatable bonds is 5. The molecule has 0 saturated heterocycles. The van der Waals surface area contributed by atoms with Gasteiger partial charge in [0.2, 0.25) is 0 Å². The molecule has 1 saturated carbocycles. The topological polar surface area (TPSA) is 76.4 Å². The van der Waals surface area contributed by atoms with Gasteiger partial charge in [-0.1, -0.05) is 12.1 Å². The van der Waals surface area contributed by atoms with Crippen LogP contribution >= 0.6 is 0 Å². The molecule has 1 aliphatic rings. The smallest absolute Gasteiger partial charge is 0.319 e. The van der Waals surface area contributed by atoms with Crippen molar-refractivity contribution in [1.29, 1.82) is 0 Å². The summed E-state index contributed by atoms with van der Waals surface area (Å²) in [7, 11) is 0. The van der Waals surface area contributed by atoms with Gasteiger partial charge in [0.25, 0.3) is 0 Å². The van der Waals surface area contributed by atoms with Gasteiger partial charge in [-0.2, -0.15) is 0 Å². The molecule has 0 bridgehead atoms. The minimum atomic E-state index is -0.456. The van der Waals surface area contributed by atoms with Crippen LogP contribution in [0.4, 0.5) is 14.9 Å². The van der Waals surface area contributed by atoms with Gasteiger partial charge in [0.15, 0.2) is 0 Å². The van der Waals surface area contributed by atoms with Crippen molar-refractivity contribution in [2.45, 2.75) is 37.8 Å². The molecule has 0 unspecified atom stereocenters. The number of benzene rings is 1. The van der Waals surface area contributed by atoms with E-state index >= 15 is 0 Å². The largest absolute Gasteiger partial charge is 0.376 e. The zero-order valence-electron chi connectivity index (χ0n) is 12.0. The first-order valence-electron chi connectivity index (χ1n) is 7.31. The fourth-order valence-electron chi connectivity index (χ4n) is 2.37. The number of nitrogens with two attached hydrogens (primary N) is 1. The maximum Gasteiger partial charge on any atom is 0.319 e. The number of amides is 2. The quantitative estimate of drug-likeness (QED) is 0.729. The summed E-state index contributed by atoms with van der Waals surface area (Å²) in [6.07, 6.45) is 4.17. The highest BCUT2D eigenvalue weighted by Gasteiger charge is 2.18. The molecule has 0 radical (unpaired) electrons. The molecular formula is C15H22FN3O2. The zero-order chi connectivity index (χ0) is 15.1. The van der Waals surface area contributed by atoms with Crippen LogP contribution in [0.2, 0.25) is 0 Å². The molecule has 1 fully saturated rings. The average Bonchev–Trinajstić information content (AvgIpc) is 2.48. The SMILES string of the molecule is NC1CCC(OCCNC(=O)Nc2ccccc2F)CC1. The second-order valence-electron chi connectivity index (χ2n) is 5.27. The molecule has 0 heterocycles. The number of carbonyl (C=O) groups excluding carboxylic acids is 1. The molecule has 1 aromatic rings. The van der Waals surface area contributed by atoms with E-state index in [1.165, 1.54) is 12.1 Å². The summed E-state index contributed by atoms with van der Waals surface area (Å²) in [4.78, 5) is 11.6. The van der Waals surface area contributed by atoms with Crippen molar-refractivity contribution in [2.24, 2.45) is 5.73 Å². The van der Waals surface area contributed by atoms with Crippen molar-refractivity contribution in [2.75, 3.05) is 18.5 Å². The highest BCUT2D eigenvalue weighted by molar-refractivity contribution is 5.89. The lowest BCUT2D eigenvalue weighted by atomic mass is 9.94. The van der Waals surface area contributed by atoms with Crippen LogP contribution in [0.3, 0.4) is 0 Å². The molecular weight excluding hydrogens is 273 g/mol. The van der Waals surface area contributed by atoms with E-state index in [1.807, 2.05) is 0 Å². The van der Waals surface area contributed by atoms with Gasteiger partial charge in [0.05, 0.1) is 18.4 Å². The third-order valence-corrected chi connectivity index (χ3v) is 3.58. The van der Waals surface area contributed by atoms with Crippen LogP contribution in [-0.4, -0.2) is 31.3 Å². The van der Waals surface area contributed by atoms with E-state index in [1.54, 1.807) is 12.1 Å². The van der Waals surface area contributed by atoms with Crippen molar-refractivity contribution >= 4 is 11.7 Å². The molecule has 6 heteroatoms. The van der Waals surface area contributed by atoms with Crippen LogP contribution in [-0.2, 0) is 4.74 Å². The van der Waals surface area contributed by atoms with Crippen molar-refractivity contribution in [1.82, 2.24) is 5.32 Å². The first-order chi connectivity index (χ1) is 10.1. The number of ether oxygens (including phenoxy) is 1. The van der Waals surface area contributed by atoms with Gasteiger partial charge in [-0.3, -0.25) is 0 Å². The van der Waals surface area contributed by atoms with Crippen LogP contribution in [0.15, 0.2) is 24.3 Å². The number of hydrogen-bond donors (Lipinski definition) is 3. The van der Waals surface area contributed by atoms with Crippen molar-refractivity contribution in [3.8, 4) is 0 Å². The minimum Gasteiger partial charge on any atom is -0.376 e. The fraction of sp³-hybridized carbons (Fsp3) is 0.533. The molecule has 116 valence electrons. The van der Waals surface area contributed by atoms with Crippen molar-refractivity contribution in [3.63, 3.8) is 0 Å². The van der Waals surface area contributed by atoms with E-state index in [4.69, 9.17) is 10.5 Å². The maximum atomic E-state index is 13.3. The molecule has 0 aromatic heterocycles. The Morgan fingerprint density at radius 1 is 1.29 bits per heavy atom. The number of para-hydroxylation sites is 1. The third-order valence-electron chi connectivity index (χ3n) is 3.58. The van der Waals surface area contributed by atoms with Gasteiger partial charge in [-0.25, -0.2) is 9.18 Å². The Kier molecular flexibility index (Phi) is 5.95. The van der Waals surface area contributed by atoms with Gasteiger partial charge in [0.1, 0.15) is 5.82 Å². The molecule has 4 N–H and O–H groups in total. The molecule has 1 aromatic carbocycles. The fourth-order valence-corrected chi connectivity index (χ4v) is 2.37. The van der Waals surface area contributed by atoms with E-state index in [-0.39, 0.29) is 11.8 Å². The molecule has 1 aliphatic carbocycles. The highest BCUT2D eigenvalue weighted by atomic mass is 19.1. The van der Waals surface area contributed by atoms with Gasteiger partial charge >= 0.3 is 6.03 Å². The maximum absolute atomic E-state index is 13.3. The van der Waals surface area contributed by atoms with E-state index in [0.29, 0.717) is 19.2 Å². The summed E-state index contributed by atoms with van der Waals surface area (Å²) in [5.74, 6) is -0.456. The van der Waals surface area contributed by atoms with Gasteiger partial charge < -0.3 is 21.1 Å². The summed E-state index contributed by atoms with van der Waals surface area (Å²) < 4.78 is 19.0. The lowest BCUT2D eigenvalue weighted by Crippen LogP contribution is -2.34. The molecule has 5 nitrogen and oxygen atoms in total. The van der Waals surface area contributed by atoms with Gasteiger partial charge in [-0.15, -0.1) is 0 Å². The number of urea groups is 1. The van der Waals surface area contributed by atoms with Crippen molar-refractivity contribution < 1.29 is 13.9 Å². The Morgan fingerprint density at radius 2 is 2.00 bits per heavy atom. The predicted molar refractivity (Wildman–Crippen MR) is 79.6 cm³/mol. The Hall–Kier alpha value is -1.66. The molecule has 0 spiro atoms. The number of halogens is 1. The highest BCUT2D eigenvalue weighted by Crippen LogP contribution is 2.19. The second-order valence-corrected chi connectivity index (χ2v) is 5.27. The minimum absolute atomic E-state index is 0.164. The zero-order valence-corrected chi connectivity index (χ0v) is 12.0. The Bertz CT molecular complexity index is 462. The average molecular weight is 295 g/mol. The van der Waals surface area contributed by atoms with E-state index in [0.717, 1.165) is 25.7 Å². The number of hydrogen-bond acceptors (Lipinski definition) is 3. The molecule has 2 rings (SSSR count). The van der Waals surface area contributed by atoms with Crippen LogP contribution in [0.1, 0.15) is 25.7 Å². The summed E-state index contributed by atoms with van der Waals surface area (Å²) in [6.45, 7) is 0.841. The van der Waals surface area contributed by atoms with Crippen LogP contribution in [0.25, 0.3) is 0 Å². The molecule has 0 atom stereocenters. The first-order valence-corrected chi connectivity index (χ1v) is 7.31. The molecule has 2 amide bonds.